The summed E-state index contributed by atoms with van der Waals surface area (Å²) in [6.07, 6.45) is 0.747. The van der Waals surface area contributed by atoms with Crippen LogP contribution in [0.4, 0.5) is 4.39 Å². The Bertz CT molecular complexity index is 607. The van der Waals surface area contributed by atoms with E-state index >= 15 is 0 Å². The largest absolute Gasteiger partial charge is 0.511 e. The molecule has 1 aliphatic carbocycles. The van der Waals surface area contributed by atoms with Crippen LogP contribution in [0.2, 0.25) is 0 Å². The third-order valence-corrected chi connectivity index (χ3v) is 4.57. The van der Waals surface area contributed by atoms with Crippen LogP contribution < -0.4 is 0 Å². The predicted molar refractivity (Wildman–Crippen MR) is 77.8 cm³/mol. The van der Waals surface area contributed by atoms with Crippen LogP contribution in [0.1, 0.15) is 24.3 Å². The summed E-state index contributed by atoms with van der Waals surface area (Å²) in [5, 5.41) is 10.8. The fraction of sp³-hybridized carbons (Fsp3) is 0.333. The normalized spacial score (nSPS) is 23.1. The second-order valence-corrected chi connectivity index (χ2v) is 6.02. The zero-order valence-corrected chi connectivity index (χ0v) is 11.6. The molecule has 20 heavy (non-hydrogen) atoms. The first-order valence-electron chi connectivity index (χ1n) is 6.53. The van der Waals surface area contributed by atoms with Crippen molar-refractivity contribution in [2.75, 3.05) is 12.3 Å². The Morgan fingerprint density at radius 2 is 2.00 bits per heavy atom. The van der Waals surface area contributed by atoms with Gasteiger partial charge < -0.3 is 5.11 Å². The number of Topliss-reactive ketones (excluding diaryl/α,β-unsaturated/α-hetero) is 1. The molecule has 5 heteroatoms. The average Bonchev–Trinajstić information content (AvgIpc) is 2.92. The van der Waals surface area contributed by atoms with E-state index in [0.29, 0.717) is 30.0 Å². The van der Waals surface area contributed by atoms with Gasteiger partial charge in [-0.05, 0) is 23.6 Å². The summed E-state index contributed by atoms with van der Waals surface area (Å²) in [4.78, 5) is 16.5. The number of allylic oxidation sites excluding steroid dienone is 1. The minimum Gasteiger partial charge on any atom is -0.511 e. The van der Waals surface area contributed by atoms with Crippen LogP contribution >= 0.6 is 11.8 Å². The first-order chi connectivity index (χ1) is 9.65. The van der Waals surface area contributed by atoms with Gasteiger partial charge in [0.15, 0.2) is 5.78 Å². The molecule has 0 radical (unpaired) electrons. The van der Waals surface area contributed by atoms with Crippen molar-refractivity contribution >= 4 is 22.6 Å². The Hall–Kier alpha value is -1.62. The van der Waals surface area contributed by atoms with Gasteiger partial charge in [-0.2, -0.15) is 0 Å². The number of carbonyl (C=O) groups is 1. The lowest BCUT2D eigenvalue weighted by atomic mass is 9.83. The lowest BCUT2D eigenvalue weighted by Gasteiger charge is -2.23. The van der Waals surface area contributed by atoms with Crippen LogP contribution in [0.5, 0.6) is 0 Å². The molecule has 0 spiro atoms. The monoisotopic (exact) mass is 291 g/mol. The molecule has 3 nitrogen and oxygen atoms in total. The van der Waals surface area contributed by atoms with Crippen molar-refractivity contribution in [3.8, 4) is 0 Å². The van der Waals surface area contributed by atoms with Crippen LogP contribution in [0, 0.1) is 5.82 Å². The highest BCUT2D eigenvalue weighted by molar-refractivity contribution is 8.14. The molecule has 1 N–H and O–H groups in total. The van der Waals surface area contributed by atoms with Gasteiger partial charge in [-0.3, -0.25) is 9.79 Å². The van der Waals surface area contributed by atoms with E-state index < -0.39 is 0 Å². The number of thioether (sulfide) groups is 1. The first kappa shape index (κ1) is 13.4. The Morgan fingerprint density at radius 3 is 2.60 bits per heavy atom. The Balaban J connectivity index is 1.87. The maximum atomic E-state index is 12.9. The zero-order valence-electron chi connectivity index (χ0n) is 10.8. The smallest absolute Gasteiger partial charge is 0.169 e. The number of ketones is 1. The van der Waals surface area contributed by atoms with E-state index in [1.807, 2.05) is 0 Å². The molecular weight excluding hydrogens is 277 g/mol. The fourth-order valence-corrected chi connectivity index (χ4v) is 3.53. The molecule has 3 rings (SSSR count). The maximum Gasteiger partial charge on any atom is 0.169 e. The van der Waals surface area contributed by atoms with Gasteiger partial charge >= 0.3 is 0 Å². The van der Waals surface area contributed by atoms with Crippen molar-refractivity contribution < 1.29 is 14.3 Å². The van der Waals surface area contributed by atoms with Crippen LogP contribution in [0.3, 0.4) is 0 Å². The Morgan fingerprint density at radius 1 is 1.25 bits per heavy atom. The number of carbonyl (C=O) groups excluding carboxylic acids is 1. The minimum absolute atomic E-state index is 0.0729. The summed E-state index contributed by atoms with van der Waals surface area (Å²) in [7, 11) is 0. The number of nitrogens with zero attached hydrogens (tertiary/aromatic N) is 1. The molecule has 0 fully saturated rings. The molecule has 0 saturated heterocycles. The van der Waals surface area contributed by atoms with Gasteiger partial charge in [-0.1, -0.05) is 12.1 Å². The third-order valence-electron chi connectivity index (χ3n) is 3.58. The number of aliphatic hydroxyl groups is 1. The van der Waals surface area contributed by atoms with E-state index in [0.717, 1.165) is 11.3 Å². The molecule has 1 aromatic carbocycles. The topological polar surface area (TPSA) is 49.7 Å². The average molecular weight is 291 g/mol. The van der Waals surface area contributed by atoms with Crippen molar-refractivity contribution in [3.05, 3.63) is 47.0 Å². The Kier molecular flexibility index (Phi) is 3.61. The molecule has 0 bridgehead atoms. The number of aliphatic imine (C=N–C) groups is 1. The van der Waals surface area contributed by atoms with Gasteiger partial charge in [-0.25, -0.2) is 4.39 Å². The molecule has 1 atom stereocenters. The van der Waals surface area contributed by atoms with Crippen molar-refractivity contribution in [2.24, 2.45) is 4.99 Å². The highest BCUT2D eigenvalue weighted by atomic mass is 32.2. The lowest BCUT2D eigenvalue weighted by molar-refractivity contribution is -0.116. The maximum absolute atomic E-state index is 12.9. The number of hydrogen-bond donors (Lipinski definition) is 1. The quantitative estimate of drug-likeness (QED) is 0.910. The van der Waals surface area contributed by atoms with E-state index in [1.54, 1.807) is 12.1 Å². The molecule has 1 heterocycles. The second kappa shape index (κ2) is 5.40. The van der Waals surface area contributed by atoms with Gasteiger partial charge in [0.05, 0.1) is 5.57 Å². The number of hydrogen-bond acceptors (Lipinski definition) is 4. The van der Waals surface area contributed by atoms with Crippen molar-refractivity contribution in [1.29, 1.82) is 0 Å². The molecule has 0 amide bonds. The number of halogens is 1. The molecule has 1 unspecified atom stereocenters. The standard InChI is InChI=1S/C15H14FNO2S/c16-11-3-1-9(2-4-11)10-7-12(18)14(13(19)8-10)15-17-5-6-20-15/h1-4,10,18H,5-8H2. The van der Waals surface area contributed by atoms with E-state index in [4.69, 9.17) is 0 Å². The molecule has 1 aromatic rings. The third kappa shape index (κ3) is 2.50. The van der Waals surface area contributed by atoms with Gasteiger partial charge in [0.25, 0.3) is 0 Å². The molecule has 0 saturated carbocycles. The molecular formula is C15H14FNO2S. The summed E-state index contributed by atoms with van der Waals surface area (Å²) in [5.74, 6) is 0.521. The van der Waals surface area contributed by atoms with Crippen LogP contribution in [0.25, 0.3) is 0 Å². The summed E-state index contributed by atoms with van der Waals surface area (Å²) in [6, 6.07) is 6.11. The number of aliphatic hydroxyl groups excluding tert-OH is 1. The molecule has 2 aliphatic rings. The molecule has 1 aliphatic heterocycles. The van der Waals surface area contributed by atoms with Crippen molar-refractivity contribution in [1.82, 2.24) is 0 Å². The van der Waals surface area contributed by atoms with E-state index in [2.05, 4.69) is 4.99 Å². The zero-order chi connectivity index (χ0) is 14.1. The number of rotatable bonds is 2. The van der Waals surface area contributed by atoms with Gasteiger partial charge in [0, 0.05) is 25.1 Å². The van der Waals surface area contributed by atoms with Crippen molar-refractivity contribution in [2.45, 2.75) is 18.8 Å². The molecule has 0 aromatic heterocycles. The van der Waals surface area contributed by atoms with Crippen LogP contribution in [-0.2, 0) is 4.79 Å². The van der Waals surface area contributed by atoms with E-state index in [1.165, 1.54) is 23.9 Å². The van der Waals surface area contributed by atoms with Gasteiger partial charge in [0.2, 0.25) is 0 Å². The highest BCUT2D eigenvalue weighted by Crippen LogP contribution is 2.36. The predicted octanol–water partition coefficient (Wildman–Crippen LogP) is 3.23. The van der Waals surface area contributed by atoms with E-state index in [9.17, 15) is 14.3 Å². The number of benzene rings is 1. The van der Waals surface area contributed by atoms with Gasteiger partial charge in [-0.15, -0.1) is 11.8 Å². The van der Waals surface area contributed by atoms with Crippen molar-refractivity contribution in [3.63, 3.8) is 0 Å². The first-order valence-corrected chi connectivity index (χ1v) is 7.52. The summed E-state index contributed by atoms with van der Waals surface area (Å²) >= 11 is 1.52. The van der Waals surface area contributed by atoms with E-state index in [-0.39, 0.29) is 23.3 Å². The summed E-state index contributed by atoms with van der Waals surface area (Å²) < 4.78 is 12.9. The highest BCUT2D eigenvalue weighted by Gasteiger charge is 2.32. The van der Waals surface area contributed by atoms with Crippen LogP contribution in [-0.4, -0.2) is 28.2 Å². The molecule has 104 valence electrons. The van der Waals surface area contributed by atoms with Gasteiger partial charge in [0.1, 0.15) is 16.6 Å². The Labute approximate surface area is 120 Å². The minimum atomic E-state index is -0.298. The lowest BCUT2D eigenvalue weighted by Crippen LogP contribution is -2.22. The van der Waals surface area contributed by atoms with Crippen LogP contribution in [0.15, 0.2) is 40.6 Å². The fourth-order valence-electron chi connectivity index (χ4n) is 2.59. The summed E-state index contributed by atoms with van der Waals surface area (Å²) in [6.45, 7) is 0.700. The summed E-state index contributed by atoms with van der Waals surface area (Å²) in [5.41, 5.74) is 1.28. The second-order valence-electron chi connectivity index (χ2n) is 4.94. The SMILES string of the molecule is O=C1CC(c2ccc(F)cc2)CC(O)=C1C1=NCCS1.